The monoisotopic (exact) mass is 1620 g/mol. The number of hydrogen-bond donors (Lipinski definition) is 13. The number of ether oxygens (including phenoxy) is 1. The summed E-state index contributed by atoms with van der Waals surface area (Å²) >= 11 is 0. The highest BCUT2D eigenvalue weighted by atomic mass is 19.1. The first-order valence-corrected chi connectivity index (χ1v) is 39.4. The highest BCUT2D eigenvalue weighted by Gasteiger charge is 2.44. The number of aryl methyl sites for hydroxylation is 4. The number of carbonyl (C=O) groups is 12. The number of aliphatic hydroxyl groups is 3. The molecule has 2 heterocycles. The fourth-order valence-electron chi connectivity index (χ4n) is 13.8. The van der Waals surface area contributed by atoms with Crippen LogP contribution >= 0.6 is 0 Å². The van der Waals surface area contributed by atoms with Crippen LogP contribution in [-0.4, -0.2) is 190 Å². The van der Waals surface area contributed by atoms with Gasteiger partial charge in [0.1, 0.15) is 29.1 Å². The van der Waals surface area contributed by atoms with Crippen LogP contribution in [0.4, 0.5) is 4.39 Å². The first kappa shape index (κ1) is 92.8. The quantitative estimate of drug-likeness (QED) is 0.0168. The molecule has 31 heteroatoms. The van der Waals surface area contributed by atoms with Crippen molar-refractivity contribution in [1.82, 2.24) is 62.5 Å². The molecule has 0 aliphatic rings. The lowest BCUT2D eigenvalue weighted by atomic mass is 9.76. The van der Waals surface area contributed by atoms with Gasteiger partial charge in [0.05, 0.1) is 67.6 Å². The van der Waals surface area contributed by atoms with Gasteiger partial charge in [-0.1, -0.05) is 127 Å². The molecular formula is C86H110FN13O17. The Morgan fingerprint density at radius 2 is 1.29 bits per heavy atom. The van der Waals surface area contributed by atoms with E-state index in [9.17, 15) is 73.2 Å². The second-order valence-electron chi connectivity index (χ2n) is 30.8. The number of halogens is 1. The second kappa shape index (κ2) is 45.2. The van der Waals surface area contributed by atoms with Gasteiger partial charge in [0, 0.05) is 75.7 Å². The number of hydrogen-bond acceptors (Lipinski definition) is 21. The van der Waals surface area contributed by atoms with E-state index < -0.39 is 187 Å². The number of nitrogens with two attached hydrogens (primary N) is 1. The zero-order valence-electron chi connectivity index (χ0n) is 67.5. The number of rotatable bonds is 51. The second-order valence-corrected chi connectivity index (χ2v) is 30.8. The van der Waals surface area contributed by atoms with E-state index >= 15 is 9.18 Å². The molecule has 0 aliphatic heterocycles. The molecule has 7 rings (SSSR count). The van der Waals surface area contributed by atoms with Crippen LogP contribution in [0.3, 0.4) is 0 Å². The molecule has 0 radical (unpaired) electrons. The van der Waals surface area contributed by atoms with Gasteiger partial charge in [0.25, 0.3) is 0 Å². The highest BCUT2D eigenvalue weighted by molar-refractivity contribution is 6.06. The number of nitrogens with one attached hydrogen (secondary N) is 8. The Morgan fingerprint density at radius 1 is 0.624 bits per heavy atom. The molecule has 14 N–H and O–H groups in total. The molecule has 628 valence electrons. The number of aromatic amines is 2. The number of H-pyrrole nitrogens is 2. The Kier molecular flexibility index (Phi) is 35.8. The molecule has 0 unspecified atom stereocenters. The standard InChI is InChI=1S/C86H110FN13O17/c1-9-58-41-64(117-35-16-15-33-88)28-29-65(58)59-26-24-56(25-27-59)39-61(80(112)92-67(71(105)40-55-18-11-10-12-19-55)23-17-20-57-37-51(2)36-52(3)38-57)42-72(106)69(45-77(110)111)93-81(113)62(49-101)43-73(107)78(53(4)102)96-84(116)86(8,46-60-21-13-14-22-66(60)87)47-74(108)79(54(5)103)95-76(109)31-30-70(104)68(44-75-97-99-100-98-75)94-83(115)85(6,7)82(114)90-34-32-63-48-89-50-91-63/h10-14,18-19,21-22,24-29,36-38,41,48,50,53-54,61-62,67-69,78-79,101-103H,9,15-17,20,23,30-35,39-40,42-47,49,88H2,1-8H3,(H,89,91)(H,90,114)(H,92,112)(H,93,113)(H,94,115)(H,95,109)(H,96,116)(H,110,111)(H,97,98,99,100)/t53-,54-,61-,62+,67+,68+,69+,78+,79+,86-/m1/s1. The molecular weight excluding hydrogens is 1510 g/mol. The van der Waals surface area contributed by atoms with Crippen molar-refractivity contribution in [2.45, 2.75) is 207 Å². The molecule has 5 aromatic carbocycles. The summed E-state index contributed by atoms with van der Waals surface area (Å²) in [7, 11) is 0. The van der Waals surface area contributed by atoms with Crippen LogP contribution < -0.4 is 42.4 Å². The molecule has 10 atom stereocenters. The largest absolute Gasteiger partial charge is 0.494 e. The van der Waals surface area contributed by atoms with E-state index in [1.54, 1.807) is 42.6 Å². The fraction of sp³-hybridized carbons (Fsp3) is 0.465. The number of nitrogens with zero attached hydrogens (tertiary/aromatic N) is 4. The number of carboxylic acids is 1. The number of tetrazole rings is 1. The molecule has 2 aromatic heterocycles. The Morgan fingerprint density at radius 3 is 1.92 bits per heavy atom. The summed E-state index contributed by atoms with van der Waals surface area (Å²) in [5.74, 6) is -14.4. The third kappa shape index (κ3) is 28.8. The van der Waals surface area contributed by atoms with Crippen molar-refractivity contribution in [3.05, 3.63) is 184 Å². The summed E-state index contributed by atoms with van der Waals surface area (Å²) < 4.78 is 21.6. The van der Waals surface area contributed by atoms with Gasteiger partial charge >= 0.3 is 5.97 Å². The maximum atomic E-state index is 15.6. The van der Waals surface area contributed by atoms with Crippen molar-refractivity contribution < 1.29 is 87.1 Å². The van der Waals surface area contributed by atoms with E-state index in [1.165, 1.54) is 45.3 Å². The third-order valence-corrected chi connectivity index (χ3v) is 20.5. The average molecular weight is 1620 g/mol. The lowest BCUT2D eigenvalue weighted by molar-refractivity contribution is -0.143. The van der Waals surface area contributed by atoms with Gasteiger partial charge < -0.3 is 67.8 Å². The maximum absolute atomic E-state index is 15.6. The number of imidazole rings is 1. The van der Waals surface area contributed by atoms with Crippen molar-refractivity contribution in [1.29, 1.82) is 0 Å². The number of amides is 6. The minimum atomic E-state index is -2.10. The summed E-state index contributed by atoms with van der Waals surface area (Å²) in [6, 6.07) is 25.3. The highest BCUT2D eigenvalue weighted by Crippen LogP contribution is 2.33. The number of Topliss-reactive ketones (excluding diaryl/α,β-unsaturated/α-hetero) is 5. The number of carbonyl (C=O) groups excluding carboxylic acids is 11. The molecule has 0 spiro atoms. The average Bonchev–Trinajstić information content (AvgIpc) is 1.64. The lowest BCUT2D eigenvalue weighted by Crippen LogP contribution is -2.55. The topological polar surface area (TPSA) is 476 Å². The Labute approximate surface area is 679 Å². The van der Waals surface area contributed by atoms with Crippen molar-refractivity contribution >= 4 is 70.3 Å². The predicted molar refractivity (Wildman–Crippen MR) is 430 cm³/mol. The smallest absolute Gasteiger partial charge is 0.305 e. The van der Waals surface area contributed by atoms with E-state index in [1.807, 2.05) is 75.4 Å². The summed E-state index contributed by atoms with van der Waals surface area (Å²) in [4.78, 5) is 177. The van der Waals surface area contributed by atoms with Crippen LogP contribution in [-0.2, 0) is 102 Å². The van der Waals surface area contributed by atoms with Gasteiger partial charge in [0.2, 0.25) is 35.4 Å². The first-order chi connectivity index (χ1) is 55.7. The Hall–Kier alpha value is -11.4. The van der Waals surface area contributed by atoms with E-state index in [0.717, 1.165) is 71.8 Å². The fourth-order valence-corrected chi connectivity index (χ4v) is 13.8. The number of aromatic nitrogens is 6. The summed E-state index contributed by atoms with van der Waals surface area (Å²) in [5.41, 5.74) is 9.66. The minimum absolute atomic E-state index is 0.0101. The molecule has 7 aromatic rings. The van der Waals surface area contributed by atoms with Crippen LogP contribution in [0.15, 0.2) is 128 Å². The lowest BCUT2D eigenvalue weighted by Gasteiger charge is -2.33. The summed E-state index contributed by atoms with van der Waals surface area (Å²) in [6.45, 7) is 12.2. The normalized spacial score (nSPS) is 14.3. The van der Waals surface area contributed by atoms with Gasteiger partial charge in [-0.3, -0.25) is 57.5 Å². The number of aliphatic hydroxyl groups excluding tert-OH is 3. The van der Waals surface area contributed by atoms with E-state index in [4.69, 9.17) is 10.5 Å². The Bertz CT molecular complexity index is 4500. The predicted octanol–water partition coefficient (Wildman–Crippen LogP) is 5.39. The van der Waals surface area contributed by atoms with Crippen molar-refractivity contribution in [2.75, 3.05) is 26.3 Å². The number of carboxylic acid groups (broad SMARTS) is 1. The Balaban J connectivity index is 1.07. The molecule has 0 fully saturated rings. The van der Waals surface area contributed by atoms with E-state index in [2.05, 4.69) is 62.5 Å². The maximum Gasteiger partial charge on any atom is 0.305 e. The number of ketones is 5. The molecule has 30 nitrogen and oxygen atoms in total. The molecule has 117 heavy (non-hydrogen) atoms. The van der Waals surface area contributed by atoms with Gasteiger partial charge in [-0.2, -0.15) is 5.21 Å². The van der Waals surface area contributed by atoms with Crippen molar-refractivity contribution in [2.24, 2.45) is 28.4 Å². The van der Waals surface area contributed by atoms with Crippen LogP contribution in [0, 0.1) is 42.3 Å². The van der Waals surface area contributed by atoms with E-state index in [0.29, 0.717) is 55.7 Å². The van der Waals surface area contributed by atoms with Crippen LogP contribution in [0.5, 0.6) is 5.75 Å². The molecule has 0 saturated carbocycles. The molecule has 0 saturated heterocycles. The van der Waals surface area contributed by atoms with Gasteiger partial charge in [-0.25, -0.2) is 9.37 Å². The number of benzene rings is 5. The minimum Gasteiger partial charge on any atom is -0.494 e. The zero-order valence-corrected chi connectivity index (χ0v) is 67.5. The third-order valence-electron chi connectivity index (χ3n) is 20.5. The van der Waals surface area contributed by atoms with Gasteiger partial charge in [0.15, 0.2) is 34.7 Å². The molecule has 6 amide bonds. The summed E-state index contributed by atoms with van der Waals surface area (Å²) in [5, 5.41) is 72.2. The summed E-state index contributed by atoms with van der Waals surface area (Å²) in [6.07, 6.45) is -2.40. The van der Waals surface area contributed by atoms with Crippen LogP contribution in [0.2, 0.25) is 0 Å². The number of unbranched alkanes of at least 4 members (excludes halogenated alkanes) is 1. The first-order valence-electron chi connectivity index (χ1n) is 39.4. The SMILES string of the molecule is CCc1cc(OCCCCN)ccc1-c1ccc(C[C@H](CC(=O)[C@H](CC(=O)O)NC(=O)[C@H](CO)CC(=O)[C@@H](NC(=O)[C@@](C)(CC(=O)[C@@H](NC(=O)CCC(=O)[C@H](Cc2nn[nH]n2)NC(=O)C(C)(C)C(=O)NCCc2cnc[nH]2)[C@@H](C)O)Cc2ccccc2F)[C@@H](C)O)C(=O)N[C@@H](CCCc2cc(C)cc(C)c2)C(=O)Cc2ccccc2)cc1. The van der Waals surface area contributed by atoms with Crippen LogP contribution in [0.1, 0.15) is 156 Å². The van der Waals surface area contributed by atoms with Gasteiger partial charge in [-0.05, 0) is 157 Å². The van der Waals surface area contributed by atoms with Crippen LogP contribution in [0.25, 0.3) is 11.1 Å². The molecule has 0 bridgehead atoms. The van der Waals surface area contributed by atoms with Crippen molar-refractivity contribution in [3.8, 4) is 16.9 Å². The van der Waals surface area contributed by atoms with Crippen molar-refractivity contribution in [3.63, 3.8) is 0 Å². The number of aliphatic carboxylic acids is 1. The van der Waals surface area contributed by atoms with Gasteiger partial charge in [-0.15, -0.1) is 10.2 Å². The molecule has 0 aliphatic carbocycles. The zero-order chi connectivity index (χ0) is 85.5. The van der Waals surface area contributed by atoms with E-state index in [-0.39, 0.29) is 49.4 Å².